The Morgan fingerprint density at radius 1 is 1.35 bits per heavy atom. The number of carbonyl (C=O) groups excluding carboxylic acids is 1. The van der Waals surface area contributed by atoms with Crippen LogP contribution in [0.4, 0.5) is 0 Å². The highest BCUT2D eigenvalue weighted by Crippen LogP contribution is 2.19. The second-order valence-corrected chi connectivity index (χ2v) is 5.72. The first kappa shape index (κ1) is 14.6. The van der Waals surface area contributed by atoms with E-state index in [0.717, 1.165) is 11.9 Å². The van der Waals surface area contributed by atoms with E-state index in [2.05, 4.69) is 16.4 Å². The van der Waals surface area contributed by atoms with Crippen molar-refractivity contribution < 1.29 is 9.53 Å². The number of H-pyrrole nitrogens is 1. The van der Waals surface area contributed by atoms with Gasteiger partial charge < -0.3 is 15.0 Å². The third-order valence-corrected chi connectivity index (χ3v) is 3.28. The molecule has 0 fully saturated rings. The molecule has 1 aromatic heterocycles. The number of nitrogens with one attached hydrogen (secondary N) is 2. The number of para-hydroxylation sites is 1. The molecule has 2 aromatic rings. The van der Waals surface area contributed by atoms with Crippen LogP contribution in [-0.2, 0) is 16.0 Å². The van der Waals surface area contributed by atoms with E-state index in [1.165, 1.54) is 10.9 Å². The Morgan fingerprint density at radius 2 is 2.10 bits per heavy atom. The Balaban J connectivity index is 1.94. The minimum atomic E-state index is -0.327. The summed E-state index contributed by atoms with van der Waals surface area (Å²) in [6.07, 6.45) is 3.20. The first-order valence-electron chi connectivity index (χ1n) is 6.87. The van der Waals surface area contributed by atoms with Crippen LogP contribution in [0, 0.1) is 0 Å². The molecule has 0 aliphatic carbocycles. The second-order valence-electron chi connectivity index (χ2n) is 5.72. The number of rotatable bonds is 6. The topological polar surface area (TPSA) is 54.1 Å². The van der Waals surface area contributed by atoms with Crippen molar-refractivity contribution in [2.45, 2.75) is 32.2 Å². The number of hydrogen-bond donors (Lipinski definition) is 2. The van der Waals surface area contributed by atoms with Crippen molar-refractivity contribution in [3.8, 4) is 0 Å². The van der Waals surface area contributed by atoms with E-state index in [1.54, 1.807) is 7.11 Å². The zero-order valence-electron chi connectivity index (χ0n) is 12.3. The molecule has 0 spiro atoms. The van der Waals surface area contributed by atoms with E-state index in [4.69, 9.17) is 4.74 Å². The summed E-state index contributed by atoms with van der Waals surface area (Å²) in [7, 11) is 1.64. The second kappa shape index (κ2) is 6.09. The van der Waals surface area contributed by atoms with Crippen molar-refractivity contribution in [2.24, 2.45) is 0 Å². The summed E-state index contributed by atoms with van der Waals surface area (Å²) in [5, 5.41) is 4.18. The van der Waals surface area contributed by atoms with Crippen LogP contribution in [0.15, 0.2) is 30.5 Å². The molecule has 1 heterocycles. The van der Waals surface area contributed by atoms with Gasteiger partial charge in [-0.05, 0) is 31.9 Å². The fourth-order valence-corrected chi connectivity index (χ4v) is 2.42. The van der Waals surface area contributed by atoms with Crippen molar-refractivity contribution in [2.75, 3.05) is 13.7 Å². The van der Waals surface area contributed by atoms with Crippen LogP contribution in [-0.4, -0.2) is 30.1 Å². The standard InChI is InChI=1S/C16H22N2O2/c1-16(2,11-20-3)18-15(19)9-8-12-10-17-14-7-5-4-6-13(12)14/h4-7,10,17H,8-9,11H2,1-3H3,(H,18,19). The minimum Gasteiger partial charge on any atom is -0.382 e. The van der Waals surface area contributed by atoms with Gasteiger partial charge in [0.2, 0.25) is 5.91 Å². The highest BCUT2D eigenvalue weighted by Gasteiger charge is 2.20. The molecule has 0 aliphatic heterocycles. The Hall–Kier alpha value is -1.81. The van der Waals surface area contributed by atoms with E-state index in [-0.39, 0.29) is 11.4 Å². The van der Waals surface area contributed by atoms with Crippen LogP contribution in [0.25, 0.3) is 10.9 Å². The van der Waals surface area contributed by atoms with Gasteiger partial charge in [-0.15, -0.1) is 0 Å². The van der Waals surface area contributed by atoms with E-state index < -0.39 is 0 Å². The summed E-state index contributed by atoms with van der Waals surface area (Å²) in [6.45, 7) is 4.42. The number of ether oxygens (including phenoxy) is 1. The van der Waals surface area contributed by atoms with Crippen molar-refractivity contribution >= 4 is 16.8 Å². The highest BCUT2D eigenvalue weighted by atomic mass is 16.5. The zero-order chi connectivity index (χ0) is 14.6. The van der Waals surface area contributed by atoms with Gasteiger partial charge in [-0.3, -0.25) is 4.79 Å². The van der Waals surface area contributed by atoms with Crippen LogP contribution < -0.4 is 5.32 Å². The minimum absolute atomic E-state index is 0.0531. The Labute approximate surface area is 119 Å². The number of aromatic nitrogens is 1. The quantitative estimate of drug-likeness (QED) is 0.851. The van der Waals surface area contributed by atoms with Crippen LogP contribution >= 0.6 is 0 Å². The van der Waals surface area contributed by atoms with Crippen molar-refractivity contribution in [1.82, 2.24) is 10.3 Å². The Kier molecular flexibility index (Phi) is 4.45. The summed E-state index contributed by atoms with van der Waals surface area (Å²) in [5.74, 6) is 0.0531. The maximum atomic E-state index is 12.0. The normalized spacial score (nSPS) is 11.8. The molecule has 2 rings (SSSR count). The van der Waals surface area contributed by atoms with Crippen LogP contribution in [0.1, 0.15) is 25.8 Å². The van der Waals surface area contributed by atoms with E-state index in [0.29, 0.717) is 13.0 Å². The molecule has 20 heavy (non-hydrogen) atoms. The van der Waals surface area contributed by atoms with Gasteiger partial charge in [-0.2, -0.15) is 0 Å². The first-order valence-corrected chi connectivity index (χ1v) is 6.87. The summed E-state index contributed by atoms with van der Waals surface area (Å²) in [4.78, 5) is 15.2. The monoisotopic (exact) mass is 274 g/mol. The van der Waals surface area contributed by atoms with E-state index in [1.807, 2.05) is 38.2 Å². The van der Waals surface area contributed by atoms with Crippen LogP contribution in [0.3, 0.4) is 0 Å². The summed E-state index contributed by atoms with van der Waals surface area (Å²) in [6, 6.07) is 8.14. The average Bonchev–Trinajstić information content (AvgIpc) is 2.79. The van der Waals surface area contributed by atoms with Gasteiger partial charge in [-0.25, -0.2) is 0 Å². The third kappa shape index (κ3) is 3.61. The maximum Gasteiger partial charge on any atom is 0.220 e. The third-order valence-electron chi connectivity index (χ3n) is 3.28. The lowest BCUT2D eigenvalue weighted by Gasteiger charge is -2.25. The van der Waals surface area contributed by atoms with Gasteiger partial charge in [0.1, 0.15) is 0 Å². The number of aryl methyl sites for hydroxylation is 1. The number of benzene rings is 1. The van der Waals surface area contributed by atoms with E-state index in [9.17, 15) is 4.79 Å². The maximum absolute atomic E-state index is 12.0. The largest absolute Gasteiger partial charge is 0.382 e. The lowest BCUT2D eigenvalue weighted by atomic mass is 10.1. The lowest BCUT2D eigenvalue weighted by molar-refractivity contribution is -0.123. The number of hydrogen-bond acceptors (Lipinski definition) is 2. The van der Waals surface area contributed by atoms with Crippen LogP contribution in [0.2, 0.25) is 0 Å². The molecule has 4 heteroatoms. The molecule has 108 valence electrons. The molecule has 0 radical (unpaired) electrons. The van der Waals surface area contributed by atoms with Gasteiger partial charge in [0.05, 0.1) is 12.1 Å². The molecule has 1 amide bonds. The summed E-state index contributed by atoms with van der Waals surface area (Å²) < 4.78 is 5.10. The van der Waals surface area contributed by atoms with Crippen molar-refractivity contribution in [1.29, 1.82) is 0 Å². The fraction of sp³-hybridized carbons (Fsp3) is 0.438. The molecule has 0 saturated heterocycles. The smallest absolute Gasteiger partial charge is 0.220 e. The molecule has 0 bridgehead atoms. The van der Waals surface area contributed by atoms with Gasteiger partial charge >= 0.3 is 0 Å². The highest BCUT2D eigenvalue weighted by molar-refractivity contribution is 5.84. The Morgan fingerprint density at radius 3 is 2.85 bits per heavy atom. The average molecular weight is 274 g/mol. The molecule has 0 unspecified atom stereocenters. The molecule has 0 atom stereocenters. The molecule has 2 N–H and O–H groups in total. The molecular weight excluding hydrogens is 252 g/mol. The fourth-order valence-electron chi connectivity index (χ4n) is 2.42. The van der Waals surface area contributed by atoms with Gasteiger partial charge in [-0.1, -0.05) is 18.2 Å². The molecule has 4 nitrogen and oxygen atoms in total. The van der Waals surface area contributed by atoms with Gasteiger partial charge in [0, 0.05) is 30.6 Å². The number of amides is 1. The molecule has 1 aromatic carbocycles. The zero-order valence-corrected chi connectivity index (χ0v) is 12.3. The summed E-state index contributed by atoms with van der Waals surface area (Å²) >= 11 is 0. The number of methoxy groups -OCH3 is 1. The summed E-state index contributed by atoms with van der Waals surface area (Å²) in [5.41, 5.74) is 1.97. The Bertz CT molecular complexity index is 587. The number of aromatic amines is 1. The molecule has 0 saturated carbocycles. The molecule has 0 aliphatic rings. The molecular formula is C16H22N2O2. The predicted molar refractivity (Wildman–Crippen MR) is 80.7 cm³/mol. The SMILES string of the molecule is COCC(C)(C)NC(=O)CCc1c[nH]c2ccccc12. The number of fused-ring (bicyclic) bond motifs is 1. The van der Waals surface area contributed by atoms with Gasteiger partial charge in [0.15, 0.2) is 0 Å². The van der Waals surface area contributed by atoms with Gasteiger partial charge in [0.25, 0.3) is 0 Å². The first-order chi connectivity index (χ1) is 9.52. The van der Waals surface area contributed by atoms with E-state index >= 15 is 0 Å². The predicted octanol–water partition coefficient (Wildman–Crippen LogP) is 2.64. The van der Waals surface area contributed by atoms with Crippen molar-refractivity contribution in [3.05, 3.63) is 36.0 Å². The lowest BCUT2D eigenvalue weighted by Crippen LogP contribution is -2.46. The van der Waals surface area contributed by atoms with Crippen LogP contribution in [0.5, 0.6) is 0 Å². The van der Waals surface area contributed by atoms with Crippen molar-refractivity contribution in [3.63, 3.8) is 0 Å². The number of carbonyl (C=O) groups is 1.